The van der Waals surface area contributed by atoms with Gasteiger partial charge in [0.1, 0.15) is 6.73 Å². The molecule has 0 unspecified atom stereocenters. The molecule has 0 atom stereocenters. The lowest BCUT2D eigenvalue weighted by molar-refractivity contribution is 0.0938. The van der Waals surface area contributed by atoms with E-state index in [4.69, 9.17) is 4.74 Å². The van der Waals surface area contributed by atoms with Gasteiger partial charge in [0.2, 0.25) is 0 Å². The SMILES string of the molecule is COCN1CCN(C)C1=O. The van der Waals surface area contributed by atoms with Gasteiger partial charge in [-0.1, -0.05) is 0 Å². The molecule has 1 heterocycles. The third kappa shape index (κ3) is 1.21. The quantitative estimate of drug-likeness (QED) is 0.544. The Kier molecular flexibility index (Phi) is 2.11. The number of carbonyl (C=O) groups excluding carboxylic acids is 1. The van der Waals surface area contributed by atoms with Gasteiger partial charge in [0.25, 0.3) is 0 Å². The van der Waals surface area contributed by atoms with Crippen LogP contribution in [0.4, 0.5) is 4.79 Å². The molecular weight excluding hydrogens is 132 g/mol. The zero-order chi connectivity index (χ0) is 7.56. The van der Waals surface area contributed by atoms with Crippen LogP contribution in [0.15, 0.2) is 0 Å². The minimum Gasteiger partial charge on any atom is -0.364 e. The Labute approximate surface area is 60.4 Å². The van der Waals surface area contributed by atoms with E-state index in [1.807, 2.05) is 0 Å². The standard InChI is InChI=1S/C6H12N2O2/c1-7-3-4-8(5-10-2)6(7)9/h3-5H2,1-2H3. The molecule has 0 radical (unpaired) electrons. The van der Waals surface area contributed by atoms with E-state index in [9.17, 15) is 4.79 Å². The molecule has 0 aromatic rings. The molecule has 1 aliphatic rings. The van der Waals surface area contributed by atoms with E-state index < -0.39 is 0 Å². The number of likely N-dealkylation sites (N-methyl/N-ethyl adjacent to an activating group) is 1. The minimum absolute atomic E-state index is 0.0573. The lowest BCUT2D eigenvalue weighted by atomic mass is 10.6. The number of hydrogen-bond acceptors (Lipinski definition) is 2. The number of rotatable bonds is 2. The third-order valence-corrected chi connectivity index (χ3v) is 1.59. The van der Waals surface area contributed by atoms with Gasteiger partial charge in [-0.3, -0.25) is 4.90 Å². The zero-order valence-electron chi connectivity index (χ0n) is 6.33. The van der Waals surface area contributed by atoms with Gasteiger partial charge in [-0.15, -0.1) is 0 Å². The average Bonchev–Trinajstić information content (AvgIpc) is 2.20. The summed E-state index contributed by atoms with van der Waals surface area (Å²) < 4.78 is 4.82. The number of ether oxygens (including phenoxy) is 1. The largest absolute Gasteiger partial charge is 0.364 e. The molecule has 0 aliphatic carbocycles. The smallest absolute Gasteiger partial charge is 0.321 e. The Hall–Kier alpha value is -0.770. The Morgan fingerprint density at radius 3 is 2.70 bits per heavy atom. The summed E-state index contributed by atoms with van der Waals surface area (Å²) in [6.45, 7) is 1.99. The summed E-state index contributed by atoms with van der Waals surface area (Å²) in [5.74, 6) is 0. The molecular formula is C6H12N2O2. The van der Waals surface area contributed by atoms with Crippen LogP contribution < -0.4 is 0 Å². The molecule has 4 nitrogen and oxygen atoms in total. The second kappa shape index (κ2) is 2.88. The highest BCUT2D eigenvalue weighted by atomic mass is 16.5. The maximum atomic E-state index is 11.1. The van der Waals surface area contributed by atoms with E-state index in [1.165, 1.54) is 0 Å². The monoisotopic (exact) mass is 144 g/mol. The van der Waals surface area contributed by atoms with E-state index in [1.54, 1.807) is 24.0 Å². The molecule has 0 bridgehead atoms. The van der Waals surface area contributed by atoms with Crippen LogP contribution in [0.3, 0.4) is 0 Å². The first-order valence-electron chi connectivity index (χ1n) is 3.24. The normalized spacial score (nSPS) is 18.8. The van der Waals surface area contributed by atoms with Gasteiger partial charge in [-0.05, 0) is 0 Å². The summed E-state index contributed by atoms with van der Waals surface area (Å²) in [7, 11) is 3.38. The summed E-state index contributed by atoms with van der Waals surface area (Å²) in [6.07, 6.45) is 0. The molecule has 0 aromatic carbocycles. The number of methoxy groups -OCH3 is 1. The molecule has 10 heavy (non-hydrogen) atoms. The van der Waals surface area contributed by atoms with Gasteiger partial charge >= 0.3 is 6.03 Å². The molecule has 58 valence electrons. The Morgan fingerprint density at radius 2 is 2.30 bits per heavy atom. The van der Waals surface area contributed by atoms with Gasteiger partial charge in [-0.2, -0.15) is 0 Å². The van der Waals surface area contributed by atoms with E-state index in [0.717, 1.165) is 13.1 Å². The lowest BCUT2D eigenvalue weighted by Crippen LogP contribution is -2.30. The Morgan fingerprint density at radius 1 is 1.60 bits per heavy atom. The average molecular weight is 144 g/mol. The summed E-state index contributed by atoms with van der Waals surface area (Å²) >= 11 is 0. The molecule has 0 saturated carbocycles. The van der Waals surface area contributed by atoms with E-state index in [-0.39, 0.29) is 6.03 Å². The lowest BCUT2D eigenvalue weighted by Gasteiger charge is -2.13. The van der Waals surface area contributed by atoms with Crippen molar-refractivity contribution in [3.63, 3.8) is 0 Å². The van der Waals surface area contributed by atoms with Gasteiger partial charge in [0.05, 0.1) is 0 Å². The maximum Gasteiger partial charge on any atom is 0.321 e. The molecule has 2 amide bonds. The Bertz CT molecular complexity index is 136. The summed E-state index contributed by atoms with van der Waals surface area (Å²) in [5.41, 5.74) is 0. The van der Waals surface area contributed by atoms with E-state index in [0.29, 0.717) is 6.73 Å². The van der Waals surface area contributed by atoms with Crippen molar-refractivity contribution in [2.45, 2.75) is 0 Å². The van der Waals surface area contributed by atoms with Gasteiger partial charge in [-0.25, -0.2) is 4.79 Å². The highest BCUT2D eigenvalue weighted by Crippen LogP contribution is 2.04. The number of urea groups is 1. The Balaban J connectivity index is 2.41. The number of amides is 2. The van der Waals surface area contributed by atoms with Gasteiger partial charge in [0, 0.05) is 27.2 Å². The second-order valence-corrected chi connectivity index (χ2v) is 2.39. The molecule has 0 spiro atoms. The fourth-order valence-corrected chi connectivity index (χ4v) is 0.979. The van der Waals surface area contributed by atoms with E-state index in [2.05, 4.69) is 0 Å². The van der Waals surface area contributed by atoms with Crippen molar-refractivity contribution in [2.24, 2.45) is 0 Å². The molecule has 4 heteroatoms. The van der Waals surface area contributed by atoms with Crippen LogP contribution in [0.5, 0.6) is 0 Å². The summed E-state index contributed by atoms with van der Waals surface area (Å²) in [5, 5.41) is 0. The molecule has 0 N–H and O–H groups in total. The van der Waals surface area contributed by atoms with Crippen molar-refractivity contribution in [2.75, 3.05) is 34.0 Å². The van der Waals surface area contributed by atoms with Crippen LogP contribution in [0.25, 0.3) is 0 Å². The van der Waals surface area contributed by atoms with Crippen molar-refractivity contribution in [3.8, 4) is 0 Å². The molecule has 0 aromatic heterocycles. The predicted molar refractivity (Wildman–Crippen MR) is 36.6 cm³/mol. The molecule has 1 aliphatic heterocycles. The van der Waals surface area contributed by atoms with Gasteiger partial charge in [0.15, 0.2) is 0 Å². The topological polar surface area (TPSA) is 32.8 Å². The minimum atomic E-state index is 0.0573. The van der Waals surface area contributed by atoms with Gasteiger partial charge < -0.3 is 9.64 Å². The third-order valence-electron chi connectivity index (χ3n) is 1.59. The first kappa shape index (κ1) is 7.34. The highest BCUT2D eigenvalue weighted by Gasteiger charge is 2.24. The number of hydrogen-bond donors (Lipinski definition) is 0. The highest BCUT2D eigenvalue weighted by molar-refractivity contribution is 5.75. The van der Waals surface area contributed by atoms with E-state index >= 15 is 0 Å². The van der Waals surface area contributed by atoms with Crippen LogP contribution >= 0.6 is 0 Å². The van der Waals surface area contributed by atoms with Crippen molar-refractivity contribution < 1.29 is 9.53 Å². The maximum absolute atomic E-state index is 11.1. The molecule has 1 fully saturated rings. The first-order chi connectivity index (χ1) is 4.75. The summed E-state index contributed by atoms with van der Waals surface area (Å²) in [6, 6.07) is 0.0573. The van der Waals surface area contributed by atoms with Crippen LogP contribution in [0, 0.1) is 0 Å². The molecule has 1 saturated heterocycles. The van der Waals surface area contributed by atoms with Crippen LogP contribution in [-0.4, -0.2) is 49.8 Å². The van der Waals surface area contributed by atoms with Crippen molar-refractivity contribution in [1.29, 1.82) is 0 Å². The number of carbonyl (C=O) groups is 1. The number of nitrogens with zero attached hydrogens (tertiary/aromatic N) is 2. The predicted octanol–water partition coefficient (Wildman–Crippen LogP) is -0.0423. The molecule has 1 rings (SSSR count). The van der Waals surface area contributed by atoms with Crippen LogP contribution in [-0.2, 0) is 4.74 Å². The second-order valence-electron chi connectivity index (χ2n) is 2.39. The first-order valence-corrected chi connectivity index (χ1v) is 3.24. The van der Waals surface area contributed by atoms with Crippen molar-refractivity contribution in [1.82, 2.24) is 9.80 Å². The summed E-state index contributed by atoms with van der Waals surface area (Å²) in [4.78, 5) is 14.4. The fourth-order valence-electron chi connectivity index (χ4n) is 0.979. The van der Waals surface area contributed by atoms with Crippen LogP contribution in [0.2, 0.25) is 0 Å². The van der Waals surface area contributed by atoms with Crippen molar-refractivity contribution in [3.05, 3.63) is 0 Å². The van der Waals surface area contributed by atoms with Crippen molar-refractivity contribution >= 4 is 6.03 Å². The fraction of sp³-hybridized carbons (Fsp3) is 0.833. The van der Waals surface area contributed by atoms with Crippen LogP contribution in [0.1, 0.15) is 0 Å². The zero-order valence-corrected chi connectivity index (χ0v) is 6.33.